The number of methoxy groups -OCH3 is 1. The van der Waals surface area contributed by atoms with E-state index in [1.54, 1.807) is 17.0 Å². The number of piperazine rings is 1. The van der Waals surface area contributed by atoms with Gasteiger partial charge in [0.2, 0.25) is 5.91 Å². The van der Waals surface area contributed by atoms with Crippen LogP contribution in [0.15, 0.2) is 12.1 Å². The number of carbonyl (C=O) groups is 2. The van der Waals surface area contributed by atoms with Crippen LogP contribution < -0.4 is 4.74 Å². The van der Waals surface area contributed by atoms with E-state index in [0.29, 0.717) is 54.1 Å². The third-order valence-corrected chi connectivity index (χ3v) is 5.74. The molecule has 2 heterocycles. The van der Waals surface area contributed by atoms with Gasteiger partial charge in [-0.25, -0.2) is 0 Å². The Kier molecular flexibility index (Phi) is 6.84. The van der Waals surface area contributed by atoms with Crippen LogP contribution in [0.2, 0.25) is 10.0 Å². The lowest BCUT2D eigenvalue weighted by Crippen LogP contribution is -2.52. The van der Waals surface area contributed by atoms with E-state index >= 15 is 0 Å². The number of halogens is 2. The highest BCUT2D eigenvalue weighted by molar-refractivity contribution is 6.37. The van der Waals surface area contributed by atoms with Crippen molar-refractivity contribution in [1.82, 2.24) is 14.7 Å². The van der Waals surface area contributed by atoms with Crippen LogP contribution in [-0.4, -0.2) is 79.4 Å². The molecule has 3 rings (SSSR count). The molecule has 148 valence electrons. The lowest BCUT2D eigenvalue weighted by molar-refractivity contribution is -0.133. The number of hydrogen-bond donors (Lipinski definition) is 0. The highest BCUT2D eigenvalue weighted by Crippen LogP contribution is 2.34. The van der Waals surface area contributed by atoms with Crippen molar-refractivity contribution in [2.24, 2.45) is 0 Å². The summed E-state index contributed by atoms with van der Waals surface area (Å²) >= 11 is 12.3. The number of piperidine rings is 1. The molecule has 6 nitrogen and oxygen atoms in total. The van der Waals surface area contributed by atoms with E-state index in [1.165, 1.54) is 13.5 Å². The van der Waals surface area contributed by atoms with Crippen LogP contribution in [0.5, 0.6) is 5.75 Å². The number of hydrogen-bond acceptors (Lipinski definition) is 4. The van der Waals surface area contributed by atoms with Gasteiger partial charge in [-0.2, -0.15) is 0 Å². The SMILES string of the molecule is COc1c(Cl)cc(C(=O)N2CCN(CC(=O)N3CCCCC3)CC2)cc1Cl. The van der Waals surface area contributed by atoms with Gasteiger partial charge in [0.1, 0.15) is 0 Å². The summed E-state index contributed by atoms with van der Waals surface area (Å²) in [6.45, 7) is 4.70. The van der Waals surface area contributed by atoms with E-state index in [9.17, 15) is 9.59 Å². The average Bonchev–Trinajstić information content (AvgIpc) is 2.68. The average molecular weight is 414 g/mol. The molecule has 0 bridgehead atoms. The summed E-state index contributed by atoms with van der Waals surface area (Å²) < 4.78 is 5.13. The van der Waals surface area contributed by atoms with Crippen molar-refractivity contribution in [3.05, 3.63) is 27.7 Å². The molecule has 2 fully saturated rings. The van der Waals surface area contributed by atoms with Crippen molar-refractivity contribution >= 4 is 35.0 Å². The maximum Gasteiger partial charge on any atom is 0.254 e. The topological polar surface area (TPSA) is 53.1 Å². The van der Waals surface area contributed by atoms with E-state index < -0.39 is 0 Å². The Hall–Kier alpha value is -1.50. The van der Waals surface area contributed by atoms with Crippen molar-refractivity contribution in [3.63, 3.8) is 0 Å². The largest absolute Gasteiger partial charge is 0.494 e. The maximum absolute atomic E-state index is 12.8. The van der Waals surface area contributed by atoms with Gasteiger partial charge in [-0.3, -0.25) is 14.5 Å². The van der Waals surface area contributed by atoms with Gasteiger partial charge < -0.3 is 14.5 Å². The van der Waals surface area contributed by atoms with Crippen LogP contribution in [-0.2, 0) is 4.79 Å². The van der Waals surface area contributed by atoms with Crippen molar-refractivity contribution in [1.29, 1.82) is 0 Å². The second kappa shape index (κ2) is 9.13. The fourth-order valence-electron chi connectivity index (χ4n) is 3.60. The van der Waals surface area contributed by atoms with E-state index in [-0.39, 0.29) is 11.8 Å². The van der Waals surface area contributed by atoms with Gasteiger partial charge in [-0.15, -0.1) is 0 Å². The predicted octanol–water partition coefficient (Wildman–Crippen LogP) is 2.77. The predicted molar refractivity (Wildman–Crippen MR) is 106 cm³/mol. The Labute approximate surface area is 169 Å². The maximum atomic E-state index is 12.8. The lowest BCUT2D eigenvalue weighted by atomic mass is 10.1. The number of benzene rings is 1. The molecule has 0 unspecified atom stereocenters. The number of nitrogens with zero attached hydrogens (tertiary/aromatic N) is 3. The Morgan fingerprint density at radius 2 is 1.52 bits per heavy atom. The number of likely N-dealkylation sites (tertiary alicyclic amines) is 1. The highest BCUT2D eigenvalue weighted by atomic mass is 35.5. The molecule has 2 aliphatic heterocycles. The fourth-order valence-corrected chi connectivity index (χ4v) is 4.25. The van der Waals surface area contributed by atoms with E-state index in [4.69, 9.17) is 27.9 Å². The smallest absolute Gasteiger partial charge is 0.254 e. The molecule has 0 spiro atoms. The second-order valence-corrected chi connectivity index (χ2v) is 7.80. The first-order valence-corrected chi connectivity index (χ1v) is 10.1. The molecule has 0 saturated carbocycles. The normalized spacial score (nSPS) is 18.5. The number of ether oxygens (including phenoxy) is 1. The van der Waals surface area contributed by atoms with E-state index in [1.807, 2.05) is 4.90 Å². The summed E-state index contributed by atoms with van der Waals surface area (Å²) in [6.07, 6.45) is 3.41. The molecule has 8 heteroatoms. The standard InChI is InChI=1S/C19H25Cl2N3O3/c1-27-18-15(20)11-14(12-16(18)21)19(26)24-9-7-22(8-10-24)13-17(25)23-5-3-2-4-6-23/h11-12H,2-10,13H2,1H3. The van der Waals surface area contributed by atoms with Crippen LogP contribution in [0.4, 0.5) is 0 Å². The van der Waals surface area contributed by atoms with Gasteiger partial charge in [0.25, 0.3) is 5.91 Å². The minimum absolute atomic E-state index is 0.108. The van der Waals surface area contributed by atoms with Crippen molar-refractivity contribution < 1.29 is 14.3 Å². The fraction of sp³-hybridized carbons (Fsp3) is 0.579. The minimum Gasteiger partial charge on any atom is -0.494 e. The van der Waals surface area contributed by atoms with Crippen LogP contribution in [0, 0.1) is 0 Å². The summed E-state index contributed by atoms with van der Waals surface area (Å²) in [7, 11) is 1.49. The molecule has 2 saturated heterocycles. The molecule has 1 aromatic carbocycles. The zero-order valence-corrected chi connectivity index (χ0v) is 17.1. The molecule has 2 amide bonds. The number of carbonyl (C=O) groups excluding carboxylic acids is 2. The molecular formula is C19H25Cl2N3O3. The molecule has 2 aliphatic rings. The first-order chi connectivity index (χ1) is 13.0. The Morgan fingerprint density at radius 3 is 2.07 bits per heavy atom. The van der Waals surface area contributed by atoms with E-state index in [0.717, 1.165) is 25.9 Å². The monoisotopic (exact) mass is 413 g/mol. The Bertz CT molecular complexity index is 676. The van der Waals surface area contributed by atoms with Crippen LogP contribution in [0.25, 0.3) is 0 Å². The number of amides is 2. The molecular weight excluding hydrogens is 389 g/mol. The summed E-state index contributed by atoms with van der Waals surface area (Å²) in [5, 5.41) is 0.637. The lowest BCUT2D eigenvalue weighted by Gasteiger charge is -2.36. The van der Waals surface area contributed by atoms with Crippen molar-refractivity contribution in [2.45, 2.75) is 19.3 Å². The first kappa shape index (κ1) is 20.2. The zero-order chi connectivity index (χ0) is 19.4. The third kappa shape index (κ3) is 4.86. The molecule has 0 radical (unpaired) electrons. The Morgan fingerprint density at radius 1 is 0.926 bits per heavy atom. The van der Waals surface area contributed by atoms with Gasteiger partial charge >= 0.3 is 0 Å². The summed E-state index contributed by atoms with van der Waals surface area (Å²) in [5.41, 5.74) is 0.448. The number of rotatable bonds is 4. The first-order valence-electron chi connectivity index (χ1n) is 9.32. The van der Waals surface area contributed by atoms with Gasteiger partial charge in [0, 0.05) is 44.8 Å². The van der Waals surface area contributed by atoms with Gasteiger partial charge in [-0.05, 0) is 31.4 Å². The molecule has 0 N–H and O–H groups in total. The summed E-state index contributed by atoms with van der Waals surface area (Å²) in [6, 6.07) is 3.17. The third-order valence-electron chi connectivity index (χ3n) is 5.18. The van der Waals surface area contributed by atoms with Crippen LogP contribution in [0.1, 0.15) is 29.6 Å². The highest BCUT2D eigenvalue weighted by Gasteiger charge is 2.26. The van der Waals surface area contributed by atoms with Crippen LogP contribution in [0.3, 0.4) is 0 Å². The zero-order valence-electron chi connectivity index (χ0n) is 15.5. The van der Waals surface area contributed by atoms with Crippen molar-refractivity contribution in [3.8, 4) is 5.75 Å². The second-order valence-electron chi connectivity index (χ2n) is 6.98. The van der Waals surface area contributed by atoms with E-state index in [2.05, 4.69) is 4.90 Å². The quantitative estimate of drug-likeness (QED) is 0.761. The molecule has 1 aromatic rings. The van der Waals surface area contributed by atoms with Crippen molar-refractivity contribution in [2.75, 3.05) is 52.9 Å². The molecule has 0 aromatic heterocycles. The molecule has 27 heavy (non-hydrogen) atoms. The molecule has 0 aliphatic carbocycles. The van der Waals surface area contributed by atoms with Gasteiger partial charge in [0.15, 0.2) is 5.75 Å². The van der Waals surface area contributed by atoms with Crippen LogP contribution >= 0.6 is 23.2 Å². The van der Waals surface area contributed by atoms with Gasteiger partial charge in [0.05, 0.1) is 23.7 Å². The Balaban J connectivity index is 1.54. The minimum atomic E-state index is -0.108. The summed E-state index contributed by atoms with van der Waals surface area (Å²) in [4.78, 5) is 31.0. The van der Waals surface area contributed by atoms with Gasteiger partial charge in [-0.1, -0.05) is 23.2 Å². The summed E-state index contributed by atoms with van der Waals surface area (Å²) in [5.74, 6) is 0.461. The molecule has 0 atom stereocenters.